The Kier molecular flexibility index (Phi) is 3.82. The van der Waals surface area contributed by atoms with Gasteiger partial charge in [0.05, 0.1) is 6.20 Å². The normalized spacial score (nSPS) is 19.7. The number of hydrogen-bond acceptors (Lipinski definition) is 4. The molecule has 1 saturated heterocycles. The van der Waals surface area contributed by atoms with Crippen LogP contribution >= 0.6 is 0 Å². The molecule has 0 bridgehead atoms. The molecule has 0 aromatic carbocycles. The standard InChI is InChI=1S/C14H20FN5/c1-16-8-7-12-4-2-3-9-19(12)14-17-13-6-5-11(15)10-20(13)18-14/h5-6,10,12,16H,2-4,7-9H2,1H3. The maximum Gasteiger partial charge on any atom is 0.245 e. The van der Waals surface area contributed by atoms with E-state index in [4.69, 9.17) is 0 Å². The Morgan fingerprint density at radius 2 is 2.30 bits per heavy atom. The third-order valence-corrected chi connectivity index (χ3v) is 3.90. The lowest BCUT2D eigenvalue weighted by Gasteiger charge is -2.35. The zero-order chi connectivity index (χ0) is 13.9. The van der Waals surface area contributed by atoms with Crippen molar-refractivity contribution in [2.45, 2.75) is 31.7 Å². The summed E-state index contributed by atoms with van der Waals surface area (Å²) >= 11 is 0. The zero-order valence-corrected chi connectivity index (χ0v) is 11.7. The number of nitrogens with zero attached hydrogens (tertiary/aromatic N) is 4. The van der Waals surface area contributed by atoms with Gasteiger partial charge in [-0.1, -0.05) is 0 Å². The summed E-state index contributed by atoms with van der Waals surface area (Å²) in [6.07, 6.45) is 6.05. The van der Waals surface area contributed by atoms with Crippen LogP contribution in [-0.4, -0.2) is 40.8 Å². The van der Waals surface area contributed by atoms with E-state index in [1.807, 2.05) is 7.05 Å². The maximum absolute atomic E-state index is 13.2. The molecule has 1 aliphatic rings. The molecule has 3 heterocycles. The number of anilines is 1. The molecule has 1 N–H and O–H groups in total. The first kappa shape index (κ1) is 13.3. The van der Waals surface area contributed by atoms with E-state index in [-0.39, 0.29) is 5.82 Å². The van der Waals surface area contributed by atoms with Gasteiger partial charge in [0.25, 0.3) is 0 Å². The Bertz CT molecular complexity index is 582. The summed E-state index contributed by atoms with van der Waals surface area (Å²) in [6, 6.07) is 3.55. The third-order valence-electron chi connectivity index (χ3n) is 3.90. The Balaban J connectivity index is 1.86. The van der Waals surface area contributed by atoms with Crippen LogP contribution in [0.3, 0.4) is 0 Å². The summed E-state index contributed by atoms with van der Waals surface area (Å²) in [5, 5.41) is 7.63. The van der Waals surface area contributed by atoms with E-state index in [0.717, 1.165) is 25.5 Å². The van der Waals surface area contributed by atoms with Gasteiger partial charge in [0.2, 0.25) is 5.95 Å². The minimum absolute atomic E-state index is 0.292. The number of piperidine rings is 1. The van der Waals surface area contributed by atoms with Crippen molar-refractivity contribution >= 4 is 11.6 Å². The van der Waals surface area contributed by atoms with Crippen LogP contribution < -0.4 is 10.2 Å². The van der Waals surface area contributed by atoms with E-state index in [2.05, 4.69) is 20.3 Å². The minimum Gasteiger partial charge on any atom is -0.336 e. The molecule has 1 atom stereocenters. The van der Waals surface area contributed by atoms with E-state index in [1.54, 1.807) is 6.07 Å². The fourth-order valence-electron chi connectivity index (χ4n) is 2.84. The molecule has 0 spiro atoms. The fraction of sp³-hybridized carbons (Fsp3) is 0.571. The van der Waals surface area contributed by atoms with E-state index in [0.29, 0.717) is 11.7 Å². The summed E-state index contributed by atoms with van der Waals surface area (Å²) < 4.78 is 14.7. The molecule has 0 radical (unpaired) electrons. The van der Waals surface area contributed by atoms with Gasteiger partial charge in [-0.05, 0) is 51.4 Å². The summed E-state index contributed by atoms with van der Waals surface area (Å²) in [5.41, 5.74) is 0.694. The number of aromatic nitrogens is 3. The van der Waals surface area contributed by atoms with Crippen molar-refractivity contribution in [1.29, 1.82) is 0 Å². The number of pyridine rings is 1. The predicted octanol–water partition coefficient (Wildman–Crippen LogP) is 1.84. The molecule has 6 heteroatoms. The number of hydrogen-bond donors (Lipinski definition) is 1. The molecular formula is C14H20FN5. The molecule has 2 aromatic heterocycles. The van der Waals surface area contributed by atoms with Crippen LogP contribution in [0, 0.1) is 5.82 Å². The highest BCUT2D eigenvalue weighted by atomic mass is 19.1. The number of nitrogens with one attached hydrogen (secondary N) is 1. The smallest absolute Gasteiger partial charge is 0.245 e. The van der Waals surface area contributed by atoms with Crippen LogP contribution in [0.5, 0.6) is 0 Å². The van der Waals surface area contributed by atoms with Gasteiger partial charge < -0.3 is 10.2 Å². The van der Waals surface area contributed by atoms with Crippen LogP contribution in [0.15, 0.2) is 18.3 Å². The zero-order valence-electron chi connectivity index (χ0n) is 11.7. The SMILES string of the molecule is CNCCC1CCCCN1c1nc2ccc(F)cn2n1. The maximum atomic E-state index is 13.2. The van der Waals surface area contributed by atoms with Crippen molar-refractivity contribution in [3.8, 4) is 0 Å². The van der Waals surface area contributed by atoms with E-state index >= 15 is 0 Å². The largest absolute Gasteiger partial charge is 0.336 e. The first-order valence-corrected chi connectivity index (χ1v) is 7.21. The Hall–Kier alpha value is -1.69. The molecule has 0 saturated carbocycles. The van der Waals surface area contributed by atoms with Crippen LogP contribution in [0.1, 0.15) is 25.7 Å². The van der Waals surface area contributed by atoms with E-state index < -0.39 is 0 Å². The van der Waals surface area contributed by atoms with E-state index in [1.165, 1.54) is 36.0 Å². The van der Waals surface area contributed by atoms with Gasteiger partial charge >= 0.3 is 0 Å². The van der Waals surface area contributed by atoms with Crippen molar-refractivity contribution in [1.82, 2.24) is 19.9 Å². The fourth-order valence-corrected chi connectivity index (χ4v) is 2.84. The summed E-state index contributed by atoms with van der Waals surface area (Å²) in [5.74, 6) is 0.427. The minimum atomic E-state index is -0.292. The quantitative estimate of drug-likeness (QED) is 0.926. The molecular weight excluding hydrogens is 257 g/mol. The van der Waals surface area contributed by atoms with Gasteiger partial charge in [0, 0.05) is 12.6 Å². The number of rotatable bonds is 4. The predicted molar refractivity (Wildman–Crippen MR) is 76.5 cm³/mol. The van der Waals surface area contributed by atoms with Crippen molar-refractivity contribution in [3.05, 3.63) is 24.1 Å². The molecule has 108 valence electrons. The topological polar surface area (TPSA) is 45.5 Å². The average molecular weight is 277 g/mol. The highest BCUT2D eigenvalue weighted by Gasteiger charge is 2.25. The van der Waals surface area contributed by atoms with Crippen LogP contribution in [-0.2, 0) is 0 Å². The second kappa shape index (κ2) is 5.75. The highest BCUT2D eigenvalue weighted by Crippen LogP contribution is 2.24. The van der Waals surface area contributed by atoms with Crippen molar-refractivity contribution in [2.75, 3.05) is 25.0 Å². The lowest BCUT2D eigenvalue weighted by Crippen LogP contribution is -2.41. The summed E-state index contributed by atoms with van der Waals surface area (Å²) in [6.45, 7) is 1.97. The van der Waals surface area contributed by atoms with Crippen molar-refractivity contribution in [3.63, 3.8) is 0 Å². The van der Waals surface area contributed by atoms with Gasteiger partial charge in [-0.3, -0.25) is 0 Å². The molecule has 0 amide bonds. The molecule has 20 heavy (non-hydrogen) atoms. The van der Waals surface area contributed by atoms with E-state index in [9.17, 15) is 4.39 Å². The molecule has 1 aliphatic heterocycles. The summed E-state index contributed by atoms with van der Waals surface area (Å²) in [4.78, 5) is 6.80. The van der Waals surface area contributed by atoms with Gasteiger partial charge in [-0.15, -0.1) is 5.10 Å². The molecule has 3 rings (SSSR count). The van der Waals surface area contributed by atoms with Crippen molar-refractivity contribution in [2.24, 2.45) is 0 Å². The van der Waals surface area contributed by atoms with Gasteiger partial charge in [0.15, 0.2) is 5.65 Å². The van der Waals surface area contributed by atoms with Gasteiger partial charge in [-0.25, -0.2) is 8.91 Å². The second-order valence-electron chi connectivity index (χ2n) is 5.30. The number of halogens is 1. The molecule has 1 fully saturated rings. The molecule has 1 unspecified atom stereocenters. The highest BCUT2D eigenvalue weighted by molar-refractivity contribution is 5.45. The average Bonchev–Trinajstić information content (AvgIpc) is 2.88. The van der Waals surface area contributed by atoms with Crippen LogP contribution in [0.4, 0.5) is 10.3 Å². The van der Waals surface area contributed by atoms with Gasteiger partial charge in [0.1, 0.15) is 5.82 Å². The van der Waals surface area contributed by atoms with Crippen molar-refractivity contribution < 1.29 is 4.39 Å². The van der Waals surface area contributed by atoms with Crippen LogP contribution in [0.2, 0.25) is 0 Å². The lowest BCUT2D eigenvalue weighted by atomic mass is 10.00. The summed E-state index contributed by atoms with van der Waals surface area (Å²) in [7, 11) is 1.97. The first-order valence-electron chi connectivity index (χ1n) is 7.21. The monoisotopic (exact) mass is 277 g/mol. The Morgan fingerprint density at radius 3 is 3.15 bits per heavy atom. The Labute approximate surface area is 117 Å². The van der Waals surface area contributed by atoms with Crippen LogP contribution in [0.25, 0.3) is 5.65 Å². The van der Waals surface area contributed by atoms with Gasteiger partial charge in [-0.2, -0.15) is 4.98 Å². The molecule has 0 aliphatic carbocycles. The molecule has 2 aromatic rings. The first-order chi connectivity index (χ1) is 9.78. The lowest BCUT2D eigenvalue weighted by molar-refractivity contribution is 0.427. The molecule has 5 nitrogen and oxygen atoms in total. The second-order valence-corrected chi connectivity index (χ2v) is 5.30. The third kappa shape index (κ3) is 2.60. The number of fused-ring (bicyclic) bond motifs is 1. The Morgan fingerprint density at radius 1 is 1.40 bits per heavy atom.